The van der Waals surface area contributed by atoms with Crippen LogP contribution in [-0.4, -0.2) is 15.7 Å². The van der Waals surface area contributed by atoms with Gasteiger partial charge in [-0.3, -0.25) is 0 Å². The summed E-state index contributed by atoms with van der Waals surface area (Å²) in [6.07, 6.45) is 0. The highest BCUT2D eigenvalue weighted by molar-refractivity contribution is 9.10. The van der Waals surface area contributed by atoms with Crippen LogP contribution in [0.3, 0.4) is 0 Å². The van der Waals surface area contributed by atoms with Crippen molar-refractivity contribution in [3.63, 3.8) is 0 Å². The number of aliphatic imine (C=N–C) groups is 1. The van der Waals surface area contributed by atoms with Gasteiger partial charge in [0.15, 0.2) is 0 Å². The lowest BCUT2D eigenvalue weighted by atomic mass is 10.1. The Hall–Kier alpha value is -2.37. The fourth-order valence-electron chi connectivity index (χ4n) is 3.14. The molecule has 0 saturated carbocycles. The average molecular weight is 420 g/mol. The van der Waals surface area contributed by atoms with Gasteiger partial charge < -0.3 is 4.98 Å². The van der Waals surface area contributed by atoms with E-state index < -0.39 is 0 Å². The fraction of sp³-hybridized carbons (Fsp3) is 0.0476. The molecule has 0 radical (unpaired) electrons. The molecule has 2 heterocycles. The van der Waals surface area contributed by atoms with Crippen LogP contribution >= 0.6 is 27.7 Å². The summed E-state index contributed by atoms with van der Waals surface area (Å²) < 4.78 is 1.06. The highest BCUT2D eigenvalue weighted by atomic mass is 79.9. The second kappa shape index (κ2) is 6.41. The largest absolute Gasteiger partial charge is 0.341 e. The number of thioether (sulfide) groups is 1. The number of H-pyrrole nitrogens is 1. The molecule has 1 N–H and O–H groups in total. The molecule has 4 aromatic rings. The van der Waals surface area contributed by atoms with Gasteiger partial charge in [0.25, 0.3) is 0 Å². The number of fused-ring (bicyclic) bond motifs is 2. The predicted octanol–water partition coefficient (Wildman–Crippen LogP) is 6.29. The Morgan fingerprint density at radius 3 is 2.50 bits per heavy atom. The fourth-order valence-corrected chi connectivity index (χ4v) is 4.57. The van der Waals surface area contributed by atoms with Crippen molar-refractivity contribution in [2.75, 3.05) is 0 Å². The van der Waals surface area contributed by atoms with E-state index in [4.69, 9.17) is 9.98 Å². The van der Waals surface area contributed by atoms with Crippen LogP contribution in [-0.2, 0) is 0 Å². The van der Waals surface area contributed by atoms with Gasteiger partial charge in [-0.2, -0.15) is 0 Å². The topological polar surface area (TPSA) is 41.0 Å². The maximum Gasteiger partial charge on any atom is 0.126 e. The van der Waals surface area contributed by atoms with E-state index in [1.807, 2.05) is 24.3 Å². The maximum atomic E-state index is 4.99. The number of hydrogen-bond donors (Lipinski definition) is 1. The third-order valence-electron chi connectivity index (χ3n) is 4.40. The van der Waals surface area contributed by atoms with E-state index in [1.54, 1.807) is 11.8 Å². The number of aromatic nitrogens is 2. The Morgan fingerprint density at radius 2 is 1.65 bits per heavy atom. The van der Waals surface area contributed by atoms with E-state index in [9.17, 15) is 0 Å². The van der Waals surface area contributed by atoms with Crippen molar-refractivity contribution in [3.05, 3.63) is 88.7 Å². The molecule has 0 unspecified atom stereocenters. The number of nitrogens with zero attached hydrogens (tertiary/aromatic N) is 2. The van der Waals surface area contributed by atoms with Crippen LogP contribution in [0.5, 0.6) is 0 Å². The van der Waals surface area contributed by atoms with E-state index in [0.717, 1.165) is 38.3 Å². The van der Waals surface area contributed by atoms with Gasteiger partial charge in [-0.25, -0.2) is 9.98 Å². The standard InChI is InChI=1S/C21H14BrN3S/c22-14-11-9-13(10-12-14)19-20(26-18-8-4-3-7-17(18)23-19)21-24-15-5-1-2-6-16(15)25-21/h1-12,20H,(H,24,25)/t20-/m0/s1. The van der Waals surface area contributed by atoms with E-state index in [1.165, 1.54) is 4.90 Å². The highest BCUT2D eigenvalue weighted by Crippen LogP contribution is 2.46. The van der Waals surface area contributed by atoms with Crippen molar-refractivity contribution in [2.24, 2.45) is 4.99 Å². The van der Waals surface area contributed by atoms with Gasteiger partial charge in [0, 0.05) is 9.37 Å². The minimum absolute atomic E-state index is 0.0264. The molecule has 1 atom stereocenters. The number of aromatic amines is 1. The summed E-state index contributed by atoms with van der Waals surface area (Å²) in [5.74, 6) is 0.937. The van der Waals surface area contributed by atoms with E-state index in [0.29, 0.717) is 0 Å². The van der Waals surface area contributed by atoms with Gasteiger partial charge in [-0.1, -0.05) is 52.3 Å². The molecule has 0 saturated heterocycles. The first-order valence-electron chi connectivity index (χ1n) is 8.33. The number of nitrogens with one attached hydrogen (secondary N) is 1. The van der Waals surface area contributed by atoms with Crippen LogP contribution in [0.2, 0.25) is 0 Å². The number of imidazole rings is 1. The van der Waals surface area contributed by atoms with Crippen LogP contribution in [0, 0.1) is 0 Å². The molecule has 5 rings (SSSR count). The zero-order valence-electron chi connectivity index (χ0n) is 13.7. The lowest BCUT2D eigenvalue weighted by Crippen LogP contribution is -2.15. The number of hydrogen-bond acceptors (Lipinski definition) is 3. The molecule has 26 heavy (non-hydrogen) atoms. The summed E-state index contributed by atoms with van der Waals surface area (Å²) in [5.41, 5.74) is 5.19. The van der Waals surface area contributed by atoms with Crippen molar-refractivity contribution in [3.8, 4) is 0 Å². The van der Waals surface area contributed by atoms with Crippen LogP contribution < -0.4 is 0 Å². The van der Waals surface area contributed by atoms with Gasteiger partial charge in [0.05, 0.1) is 22.4 Å². The average Bonchev–Trinajstić information content (AvgIpc) is 3.12. The number of para-hydroxylation sites is 3. The predicted molar refractivity (Wildman–Crippen MR) is 111 cm³/mol. The van der Waals surface area contributed by atoms with Gasteiger partial charge >= 0.3 is 0 Å². The van der Waals surface area contributed by atoms with Crippen molar-refractivity contribution in [2.45, 2.75) is 10.1 Å². The number of halogens is 1. The molecular formula is C21H14BrN3S. The third kappa shape index (κ3) is 2.77. The molecule has 3 nitrogen and oxygen atoms in total. The minimum atomic E-state index is 0.0264. The van der Waals surface area contributed by atoms with E-state index in [-0.39, 0.29) is 5.25 Å². The SMILES string of the molecule is Brc1ccc(C2=Nc3ccccc3S[C@@H]2c2nc3ccccc3[nH]2)cc1. The monoisotopic (exact) mass is 419 g/mol. The second-order valence-corrected chi connectivity index (χ2v) is 8.17. The van der Waals surface area contributed by atoms with Gasteiger partial charge in [-0.15, -0.1) is 11.8 Å². The summed E-state index contributed by atoms with van der Waals surface area (Å²) in [6.45, 7) is 0. The van der Waals surface area contributed by atoms with Gasteiger partial charge in [-0.05, 0) is 42.0 Å². The van der Waals surface area contributed by atoms with Crippen molar-refractivity contribution < 1.29 is 0 Å². The smallest absolute Gasteiger partial charge is 0.126 e. The summed E-state index contributed by atoms with van der Waals surface area (Å²) in [5, 5.41) is 0.0264. The van der Waals surface area contributed by atoms with Crippen LogP contribution in [0.15, 0.2) is 87.2 Å². The molecule has 1 aliphatic rings. The lowest BCUT2D eigenvalue weighted by molar-refractivity contribution is 1.06. The Morgan fingerprint density at radius 1 is 0.885 bits per heavy atom. The van der Waals surface area contributed by atoms with Crippen LogP contribution in [0.25, 0.3) is 11.0 Å². The van der Waals surface area contributed by atoms with Gasteiger partial charge in [0.1, 0.15) is 11.1 Å². The van der Waals surface area contributed by atoms with Crippen molar-refractivity contribution in [1.82, 2.24) is 9.97 Å². The summed E-state index contributed by atoms with van der Waals surface area (Å²) in [6, 6.07) is 24.7. The molecule has 0 bridgehead atoms. The molecule has 0 amide bonds. The summed E-state index contributed by atoms with van der Waals surface area (Å²) in [4.78, 5) is 14.5. The first kappa shape index (κ1) is 15.9. The molecule has 3 aromatic carbocycles. The molecular weight excluding hydrogens is 406 g/mol. The molecule has 1 aliphatic heterocycles. The lowest BCUT2D eigenvalue weighted by Gasteiger charge is -2.23. The van der Waals surface area contributed by atoms with Crippen molar-refractivity contribution >= 4 is 50.1 Å². The molecule has 5 heteroatoms. The molecule has 0 fully saturated rings. The highest BCUT2D eigenvalue weighted by Gasteiger charge is 2.29. The zero-order valence-corrected chi connectivity index (χ0v) is 16.1. The molecule has 0 aliphatic carbocycles. The number of benzene rings is 3. The van der Waals surface area contributed by atoms with E-state index in [2.05, 4.69) is 69.4 Å². The zero-order chi connectivity index (χ0) is 17.5. The van der Waals surface area contributed by atoms with Crippen LogP contribution in [0.4, 0.5) is 5.69 Å². The number of rotatable bonds is 2. The summed E-state index contributed by atoms with van der Waals surface area (Å²) >= 11 is 5.31. The van der Waals surface area contributed by atoms with Gasteiger partial charge in [0.2, 0.25) is 0 Å². The Balaban J connectivity index is 1.68. The van der Waals surface area contributed by atoms with Crippen LogP contribution in [0.1, 0.15) is 16.6 Å². The molecule has 1 aromatic heterocycles. The molecule has 126 valence electrons. The molecule has 0 spiro atoms. The Labute approximate surface area is 163 Å². The minimum Gasteiger partial charge on any atom is -0.341 e. The van der Waals surface area contributed by atoms with E-state index >= 15 is 0 Å². The Bertz CT molecular complexity index is 1100. The normalized spacial score (nSPS) is 16.3. The Kier molecular flexibility index (Phi) is 3.91. The third-order valence-corrected chi connectivity index (χ3v) is 6.21. The first-order valence-corrected chi connectivity index (χ1v) is 10.00. The van der Waals surface area contributed by atoms with Crippen molar-refractivity contribution in [1.29, 1.82) is 0 Å². The first-order chi connectivity index (χ1) is 12.8. The summed E-state index contributed by atoms with van der Waals surface area (Å²) in [7, 11) is 0. The quantitative estimate of drug-likeness (QED) is 0.414. The maximum absolute atomic E-state index is 4.99. The second-order valence-electron chi connectivity index (χ2n) is 6.11.